The Labute approximate surface area is 122 Å². The van der Waals surface area contributed by atoms with E-state index in [0.717, 1.165) is 30.2 Å². The van der Waals surface area contributed by atoms with E-state index in [4.69, 9.17) is 11.6 Å². The van der Waals surface area contributed by atoms with E-state index in [1.54, 1.807) is 6.20 Å². The van der Waals surface area contributed by atoms with Gasteiger partial charge in [0, 0.05) is 28.6 Å². The highest BCUT2D eigenvalue weighted by Crippen LogP contribution is 2.40. The van der Waals surface area contributed by atoms with Crippen molar-refractivity contribution < 1.29 is 5.11 Å². The molecule has 0 bridgehead atoms. The third kappa shape index (κ3) is 3.00. The van der Waals surface area contributed by atoms with Crippen molar-refractivity contribution in [3.63, 3.8) is 0 Å². The molecule has 1 N–H and O–H groups in total. The molecule has 1 aliphatic heterocycles. The molecule has 6 heteroatoms. The normalized spacial score (nSPS) is 26.2. The number of aliphatic hydroxyl groups excluding tert-OH is 1. The van der Waals surface area contributed by atoms with Gasteiger partial charge in [-0.25, -0.2) is 0 Å². The van der Waals surface area contributed by atoms with Gasteiger partial charge in [0.2, 0.25) is 0 Å². The van der Waals surface area contributed by atoms with E-state index < -0.39 is 6.10 Å². The molecule has 102 valence electrons. The first-order chi connectivity index (χ1) is 8.65. The average molecular weight is 307 g/mol. The van der Waals surface area contributed by atoms with Gasteiger partial charge in [0.15, 0.2) is 0 Å². The molecular formula is C12H19ClN2OS2. The first-order valence-corrected chi connectivity index (χ1v) is 8.75. The molecule has 3 atom stereocenters. The maximum Gasteiger partial charge on any atom is 0.110 e. The second-order valence-electron chi connectivity index (χ2n) is 4.46. The average Bonchev–Trinajstić information content (AvgIpc) is 2.71. The minimum Gasteiger partial charge on any atom is -0.386 e. The monoisotopic (exact) mass is 306 g/mol. The van der Waals surface area contributed by atoms with Gasteiger partial charge < -0.3 is 5.11 Å². The Morgan fingerprint density at radius 2 is 2.28 bits per heavy atom. The predicted octanol–water partition coefficient (Wildman–Crippen LogP) is 3.22. The van der Waals surface area contributed by atoms with Gasteiger partial charge in [-0.2, -0.15) is 28.6 Å². The summed E-state index contributed by atoms with van der Waals surface area (Å²) in [5.74, 6) is 2.26. The lowest BCUT2D eigenvalue weighted by atomic mass is 10.1. The van der Waals surface area contributed by atoms with Crippen molar-refractivity contribution in [2.45, 2.75) is 43.4 Å². The molecule has 0 radical (unpaired) electrons. The van der Waals surface area contributed by atoms with E-state index in [1.165, 1.54) is 0 Å². The van der Waals surface area contributed by atoms with E-state index in [9.17, 15) is 5.11 Å². The summed E-state index contributed by atoms with van der Waals surface area (Å²) in [6, 6.07) is 0. The Kier molecular flexibility index (Phi) is 5.30. The zero-order valence-corrected chi connectivity index (χ0v) is 13.1. The van der Waals surface area contributed by atoms with Gasteiger partial charge in [-0.15, -0.1) is 0 Å². The third-order valence-electron chi connectivity index (χ3n) is 3.10. The second kappa shape index (κ2) is 6.55. The van der Waals surface area contributed by atoms with E-state index in [2.05, 4.69) is 18.9 Å². The molecule has 1 aromatic heterocycles. The van der Waals surface area contributed by atoms with Crippen LogP contribution in [0.15, 0.2) is 6.20 Å². The number of aryl methyl sites for hydroxylation is 1. The third-order valence-corrected chi connectivity index (χ3v) is 6.57. The van der Waals surface area contributed by atoms with Crippen molar-refractivity contribution in [2.24, 2.45) is 0 Å². The van der Waals surface area contributed by atoms with Crippen molar-refractivity contribution in [2.75, 3.05) is 11.5 Å². The van der Waals surface area contributed by atoms with Crippen molar-refractivity contribution in [1.82, 2.24) is 9.78 Å². The van der Waals surface area contributed by atoms with Crippen LogP contribution in [0.25, 0.3) is 0 Å². The summed E-state index contributed by atoms with van der Waals surface area (Å²) in [4.78, 5) is 0. The molecule has 1 aliphatic rings. The summed E-state index contributed by atoms with van der Waals surface area (Å²) in [5.41, 5.74) is 0.783. The van der Waals surface area contributed by atoms with Gasteiger partial charge in [-0.1, -0.05) is 25.4 Å². The highest BCUT2D eigenvalue weighted by atomic mass is 35.5. The Morgan fingerprint density at radius 1 is 1.56 bits per heavy atom. The first kappa shape index (κ1) is 14.6. The van der Waals surface area contributed by atoms with Gasteiger partial charge in [0.25, 0.3) is 0 Å². The minimum absolute atomic E-state index is 0.202. The molecule has 3 unspecified atom stereocenters. The van der Waals surface area contributed by atoms with Crippen molar-refractivity contribution in [3.8, 4) is 0 Å². The zero-order valence-electron chi connectivity index (χ0n) is 10.7. The summed E-state index contributed by atoms with van der Waals surface area (Å²) in [7, 11) is 0. The quantitative estimate of drug-likeness (QED) is 0.927. The number of rotatable bonds is 4. The SMILES string of the molecule is CCCn1ncc(Cl)c1C(O)C1SCCSC1C. The lowest BCUT2D eigenvalue weighted by Gasteiger charge is -2.32. The highest BCUT2D eigenvalue weighted by molar-refractivity contribution is 8.07. The summed E-state index contributed by atoms with van der Waals surface area (Å²) >= 11 is 9.95. The Balaban J connectivity index is 2.21. The molecule has 0 spiro atoms. The number of thioether (sulfide) groups is 2. The number of nitrogens with zero attached hydrogens (tertiary/aromatic N) is 2. The van der Waals surface area contributed by atoms with E-state index in [-0.39, 0.29) is 5.25 Å². The van der Waals surface area contributed by atoms with Crippen LogP contribution in [0.4, 0.5) is 0 Å². The Hall–Kier alpha value is 0.160. The summed E-state index contributed by atoms with van der Waals surface area (Å²) < 4.78 is 1.85. The molecule has 3 nitrogen and oxygen atoms in total. The van der Waals surface area contributed by atoms with E-state index in [1.807, 2.05) is 28.2 Å². The van der Waals surface area contributed by atoms with Crippen molar-refractivity contribution in [1.29, 1.82) is 0 Å². The molecule has 1 fully saturated rings. The number of aromatic nitrogens is 2. The van der Waals surface area contributed by atoms with Crippen LogP contribution in [0.1, 0.15) is 32.1 Å². The van der Waals surface area contributed by atoms with Crippen LogP contribution in [-0.2, 0) is 6.54 Å². The summed E-state index contributed by atoms with van der Waals surface area (Å²) in [6.07, 6.45) is 2.10. The van der Waals surface area contributed by atoms with Crippen molar-refractivity contribution in [3.05, 3.63) is 16.9 Å². The first-order valence-electron chi connectivity index (χ1n) is 6.27. The zero-order chi connectivity index (χ0) is 13.1. The van der Waals surface area contributed by atoms with E-state index in [0.29, 0.717) is 10.3 Å². The Morgan fingerprint density at radius 3 is 2.94 bits per heavy atom. The Bertz CT molecular complexity index is 399. The fourth-order valence-electron chi connectivity index (χ4n) is 2.21. The van der Waals surface area contributed by atoms with Gasteiger partial charge in [-0.3, -0.25) is 4.68 Å². The van der Waals surface area contributed by atoms with Crippen LogP contribution in [0.2, 0.25) is 5.02 Å². The molecule has 0 saturated carbocycles. The predicted molar refractivity (Wildman–Crippen MR) is 80.7 cm³/mol. The van der Waals surface area contributed by atoms with Crippen molar-refractivity contribution >= 4 is 35.1 Å². The van der Waals surface area contributed by atoms with Gasteiger partial charge in [-0.05, 0) is 6.42 Å². The van der Waals surface area contributed by atoms with Crippen LogP contribution >= 0.6 is 35.1 Å². The second-order valence-corrected chi connectivity index (χ2v) is 7.64. The van der Waals surface area contributed by atoms with Crippen LogP contribution < -0.4 is 0 Å². The molecule has 0 amide bonds. The molecule has 0 aliphatic carbocycles. The lowest BCUT2D eigenvalue weighted by molar-refractivity contribution is 0.162. The molecule has 1 aromatic rings. The number of hydrogen-bond donors (Lipinski definition) is 1. The number of halogens is 1. The minimum atomic E-state index is -0.528. The molecule has 2 rings (SSSR count). The highest BCUT2D eigenvalue weighted by Gasteiger charge is 2.33. The molecule has 1 saturated heterocycles. The largest absolute Gasteiger partial charge is 0.386 e. The number of hydrogen-bond acceptors (Lipinski definition) is 4. The van der Waals surface area contributed by atoms with Crippen LogP contribution in [0.3, 0.4) is 0 Å². The van der Waals surface area contributed by atoms with Crippen LogP contribution in [0, 0.1) is 0 Å². The molecule has 2 heterocycles. The fourth-order valence-corrected chi connectivity index (χ4v) is 5.27. The maximum atomic E-state index is 10.6. The molecule has 18 heavy (non-hydrogen) atoms. The lowest BCUT2D eigenvalue weighted by Crippen LogP contribution is -2.31. The van der Waals surface area contributed by atoms with Crippen LogP contribution in [0.5, 0.6) is 0 Å². The fraction of sp³-hybridized carbons (Fsp3) is 0.750. The van der Waals surface area contributed by atoms with Gasteiger partial charge in [0.1, 0.15) is 6.10 Å². The summed E-state index contributed by atoms with van der Waals surface area (Å²) in [5, 5.41) is 16.1. The summed E-state index contributed by atoms with van der Waals surface area (Å²) in [6.45, 7) is 5.08. The standard InChI is InChI=1S/C12H19ClN2OS2/c1-3-4-15-10(9(13)7-14-15)11(16)12-8(2)17-5-6-18-12/h7-8,11-12,16H,3-6H2,1-2H3. The topological polar surface area (TPSA) is 38.0 Å². The maximum absolute atomic E-state index is 10.6. The van der Waals surface area contributed by atoms with E-state index >= 15 is 0 Å². The smallest absolute Gasteiger partial charge is 0.110 e. The molecular weight excluding hydrogens is 288 g/mol. The van der Waals surface area contributed by atoms with Gasteiger partial charge in [0.05, 0.1) is 16.9 Å². The number of aliphatic hydroxyl groups is 1. The molecule has 0 aromatic carbocycles. The van der Waals surface area contributed by atoms with Crippen LogP contribution in [-0.4, -0.2) is 36.9 Å². The van der Waals surface area contributed by atoms with Gasteiger partial charge >= 0.3 is 0 Å².